The first-order valence-electron chi connectivity index (χ1n) is 10.6. The summed E-state index contributed by atoms with van der Waals surface area (Å²) in [6.07, 6.45) is 1.59. The number of carbonyl (C=O) groups excluding carboxylic acids is 1. The summed E-state index contributed by atoms with van der Waals surface area (Å²) in [5.41, 5.74) is 5.68. The molecule has 2 heterocycles. The molecule has 0 aliphatic heterocycles. The molecule has 0 radical (unpaired) electrons. The lowest BCUT2D eigenvalue weighted by atomic mass is 10.1. The van der Waals surface area contributed by atoms with Crippen LogP contribution in [-0.4, -0.2) is 20.5 Å². The average molecular weight is 419 g/mol. The van der Waals surface area contributed by atoms with Gasteiger partial charge in [0, 0.05) is 11.1 Å². The van der Waals surface area contributed by atoms with Crippen molar-refractivity contribution in [3.63, 3.8) is 0 Å². The van der Waals surface area contributed by atoms with Gasteiger partial charge in [0.15, 0.2) is 5.65 Å². The summed E-state index contributed by atoms with van der Waals surface area (Å²) < 4.78 is 1.74. The summed E-state index contributed by atoms with van der Waals surface area (Å²) in [5, 5.41) is 7.60. The minimum absolute atomic E-state index is 0.135. The standard InChI is InChI=1S/C27H22N4O/c1-19(20-11-5-2-6-12-20)29-27(32)23-18-28-31-25(22-15-9-4-10-16-22)17-24(30-26(23)31)21-13-7-3-8-14-21/h2-19H,1H3,(H,29,32)/t19-/m1/s1. The van der Waals surface area contributed by atoms with Crippen molar-refractivity contribution in [3.05, 3.63) is 114 Å². The number of amides is 1. The molecule has 5 nitrogen and oxygen atoms in total. The molecule has 0 saturated heterocycles. The van der Waals surface area contributed by atoms with Crippen molar-refractivity contribution in [1.29, 1.82) is 0 Å². The van der Waals surface area contributed by atoms with E-state index in [-0.39, 0.29) is 11.9 Å². The molecule has 0 fully saturated rings. The zero-order chi connectivity index (χ0) is 21.9. The number of fused-ring (bicyclic) bond motifs is 1. The topological polar surface area (TPSA) is 59.3 Å². The summed E-state index contributed by atoms with van der Waals surface area (Å²) in [7, 11) is 0. The van der Waals surface area contributed by atoms with Crippen molar-refractivity contribution in [3.8, 4) is 22.5 Å². The Labute approximate surface area is 186 Å². The molecule has 32 heavy (non-hydrogen) atoms. The highest BCUT2D eigenvalue weighted by Crippen LogP contribution is 2.27. The van der Waals surface area contributed by atoms with Crippen molar-refractivity contribution >= 4 is 11.6 Å². The third-order valence-corrected chi connectivity index (χ3v) is 5.50. The molecule has 3 aromatic carbocycles. The van der Waals surface area contributed by atoms with Gasteiger partial charge in [-0.1, -0.05) is 91.0 Å². The molecule has 1 amide bonds. The smallest absolute Gasteiger partial charge is 0.257 e. The second kappa shape index (κ2) is 8.47. The SMILES string of the molecule is C[C@@H](NC(=O)c1cnn2c(-c3ccccc3)cc(-c3ccccc3)nc12)c1ccccc1. The lowest BCUT2D eigenvalue weighted by Gasteiger charge is -2.14. The van der Waals surface area contributed by atoms with E-state index >= 15 is 0 Å². The normalized spacial score (nSPS) is 11.9. The lowest BCUT2D eigenvalue weighted by molar-refractivity contribution is 0.0941. The van der Waals surface area contributed by atoms with Gasteiger partial charge in [0.25, 0.3) is 5.91 Å². The number of benzene rings is 3. The van der Waals surface area contributed by atoms with Crippen LogP contribution < -0.4 is 5.32 Å². The fraction of sp³-hybridized carbons (Fsp3) is 0.0741. The van der Waals surface area contributed by atoms with Crippen LogP contribution in [0.25, 0.3) is 28.2 Å². The summed E-state index contributed by atoms with van der Waals surface area (Å²) >= 11 is 0. The monoisotopic (exact) mass is 418 g/mol. The molecule has 0 saturated carbocycles. The Balaban J connectivity index is 1.61. The van der Waals surface area contributed by atoms with Gasteiger partial charge in [-0.2, -0.15) is 5.10 Å². The van der Waals surface area contributed by atoms with Gasteiger partial charge in [0.1, 0.15) is 5.56 Å². The first-order valence-corrected chi connectivity index (χ1v) is 10.6. The van der Waals surface area contributed by atoms with Crippen molar-refractivity contribution in [1.82, 2.24) is 19.9 Å². The summed E-state index contributed by atoms with van der Waals surface area (Å²) in [5.74, 6) is -0.201. The second-order valence-corrected chi connectivity index (χ2v) is 7.66. The zero-order valence-electron chi connectivity index (χ0n) is 17.6. The van der Waals surface area contributed by atoms with E-state index in [2.05, 4.69) is 10.4 Å². The number of nitrogens with zero attached hydrogens (tertiary/aromatic N) is 3. The van der Waals surface area contributed by atoms with Gasteiger partial charge in [-0.15, -0.1) is 0 Å². The molecule has 0 aliphatic rings. The van der Waals surface area contributed by atoms with Gasteiger partial charge < -0.3 is 5.32 Å². The summed E-state index contributed by atoms with van der Waals surface area (Å²) in [6.45, 7) is 1.97. The van der Waals surface area contributed by atoms with Crippen molar-refractivity contribution in [2.45, 2.75) is 13.0 Å². The molecule has 0 bridgehead atoms. The third kappa shape index (κ3) is 3.76. The van der Waals surface area contributed by atoms with Crippen LogP contribution in [0.1, 0.15) is 28.9 Å². The van der Waals surface area contributed by atoms with Crippen LogP contribution in [0.2, 0.25) is 0 Å². The second-order valence-electron chi connectivity index (χ2n) is 7.66. The van der Waals surface area contributed by atoms with E-state index in [1.165, 1.54) is 0 Å². The maximum Gasteiger partial charge on any atom is 0.257 e. The van der Waals surface area contributed by atoms with Crippen molar-refractivity contribution < 1.29 is 4.79 Å². The van der Waals surface area contributed by atoms with Crippen LogP contribution in [-0.2, 0) is 0 Å². The molecule has 0 aliphatic carbocycles. The quantitative estimate of drug-likeness (QED) is 0.407. The highest BCUT2D eigenvalue weighted by molar-refractivity contribution is 6.00. The first kappa shape index (κ1) is 19.7. The van der Waals surface area contributed by atoms with E-state index in [4.69, 9.17) is 4.98 Å². The van der Waals surface area contributed by atoms with E-state index < -0.39 is 0 Å². The van der Waals surface area contributed by atoms with Crippen LogP contribution in [0.5, 0.6) is 0 Å². The van der Waals surface area contributed by atoms with Gasteiger partial charge in [0.05, 0.1) is 23.6 Å². The molecule has 5 rings (SSSR count). The Morgan fingerprint density at radius 2 is 1.44 bits per heavy atom. The third-order valence-electron chi connectivity index (χ3n) is 5.50. The minimum atomic E-state index is -0.201. The largest absolute Gasteiger partial charge is 0.345 e. The van der Waals surface area contributed by atoms with Crippen LogP contribution in [0.4, 0.5) is 0 Å². The number of carbonyl (C=O) groups is 1. The molecule has 156 valence electrons. The molecule has 1 atom stereocenters. The van der Waals surface area contributed by atoms with E-state index in [1.807, 2.05) is 104 Å². The van der Waals surface area contributed by atoms with E-state index in [0.717, 1.165) is 28.1 Å². The molecular weight excluding hydrogens is 396 g/mol. The van der Waals surface area contributed by atoms with E-state index in [0.29, 0.717) is 11.2 Å². The van der Waals surface area contributed by atoms with E-state index in [9.17, 15) is 4.79 Å². The zero-order valence-corrected chi connectivity index (χ0v) is 17.6. The molecular formula is C27H22N4O. The average Bonchev–Trinajstić information content (AvgIpc) is 3.29. The minimum Gasteiger partial charge on any atom is -0.345 e. The Hall–Kier alpha value is -4.25. The van der Waals surface area contributed by atoms with Crippen LogP contribution in [0.3, 0.4) is 0 Å². The number of hydrogen-bond donors (Lipinski definition) is 1. The fourth-order valence-corrected chi connectivity index (χ4v) is 3.79. The van der Waals surface area contributed by atoms with Gasteiger partial charge in [-0.05, 0) is 18.6 Å². The number of aromatic nitrogens is 3. The predicted molar refractivity (Wildman–Crippen MR) is 126 cm³/mol. The molecule has 2 aromatic heterocycles. The van der Waals surface area contributed by atoms with Crippen LogP contribution in [0, 0.1) is 0 Å². The number of nitrogens with one attached hydrogen (secondary N) is 1. The van der Waals surface area contributed by atoms with Gasteiger partial charge in [-0.3, -0.25) is 4.79 Å². The Kier molecular flexibility index (Phi) is 5.22. The Bertz CT molecular complexity index is 1360. The number of hydrogen-bond acceptors (Lipinski definition) is 3. The van der Waals surface area contributed by atoms with Crippen LogP contribution >= 0.6 is 0 Å². The lowest BCUT2D eigenvalue weighted by Crippen LogP contribution is -2.26. The Morgan fingerprint density at radius 3 is 2.09 bits per heavy atom. The molecule has 0 unspecified atom stereocenters. The molecule has 1 N–H and O–H groups in total. The summed E-state index contributed by atoms with van der Waals surface area (Å²) in [4.78, 5) is 18.0. The Morgan fingerprint density at radius 1 is 0.844 bits per heavy atom. The highest BCUT2D eigenvalue weighted by Gasteiger charge is 2.20. The molecule has 5 heteroatoms. The predicted octanol–water partition coefficient (Wildman–Crippen LogP) is 5.55. The molecule has 0 spiro atoms. The van der Waals surface area contributed by atoms with Gasteiger partial charge >= 0.3 is 0 Å². The van der Waals surface area contributed by atoms with Gasteiger partial charge in [-0.25, -0.2) is 9.50 Å². The maximum atomic E-state index is 13.2. The van der Waals surface area contributed by atoms with Crippen molar-refractivity contribution in [2.75, 3.05) is 0 Å². The molecule has 5 aromatic rings. The summed E-state index contributed by atoms with van der Waals surface area (Å²) in [6, 6.07) is 31.8. The first-order chi connectivity index (χ1) is 15.7. The van der Waals surface area contributed by atoms with E-state index in [1.54, 1.807) is 10.7 Å². The van der Waals surface area contributed by atoms with Crippen molar-refractivity contribution in [2.24, 2.45) is 0 Å². The van der Waals surface area contributed by atoms with Crippen LogP contribution in [0.15, 0.2) is 103 Å². The maximum absolute atomic E-state index is 13.2. The number of rotatable bonds is 5. The highest BCUT2D eigenvalue weighted by atomic mass is 16.1. The van der Waals surface area contributed by atoms with Gasteiger partial charge in [0.2, 0.25) is 0 Å². The fourth-order valence-electron chi connectivity index (χ4n) is 3.79.